The molecule has 2 aliphatic heterocycles. The highest BCUT2D eigenvalue weighted by molar-refractivity contribution is 7.99. The molecule has 2 heterocycles. The number of rotatable bonds is 4. The standard InChI is InChI=1S/C13H25NOS/c1-3-11(4-2)14-12-5-7-15-13(9-12)6-8-16-10-13/h11-12,14H,3-10H2,1-2H3. The highest BCUT2D eigenvalue weighted by Gasteiger charge is 2.40. The van der Waals surface area contributed by atoms with E-state index in [1.807, 2.05) is 0 Å². The Balaban J connectivity index is 1.86. The molecule has 2 unspecified atom stereocenters. The molecular weight excluding hydrogens is 218 g/mol. The Hall–Kier alpha value is 0.270. The molecule has 2 saturated heterocycles. The molecule has 2 atom stereocenters. The highest BCUT2D eigenvalue weighted by Crippen LogP contribution is 2.38. The zero-order chi connectivity index (χ0) is 11.4. The van der Waals surface area contributed by atoms with E-state index in [2.05, 4.69) is 30.9 Å². The number of hydrogen-bond acceptors (Lipinski definition) is 3. The van der Waals surface area contributed by atoms with Crippen molar-refractivity contribution in [3.05, 3.63) is 0 Å². The van der Waals surface area contributed by atoms with Gasteiger partial charge in [0.1, 0.15) is 0 Å². The first-order valence-electron chi connectivity index (χ1n) is 6.76. The van der Waals surface area contributed by atoms with Crippen molar-refractivity contribution >= 4 is 11.8 Å². The summed E-state index contributed by atoms with van der Waals surface area (Å²) in [5.74, 6) is 2.51. The maximum Gasteiger partial charge on any atom is 0.0795 e. The van der Waals surface area contributed by atoms with E-state index in [1.165, 1.54) is 43.6 Å². The van der Waals surface area contributed by atoms with E-state index in [0.29, 0.717) is 12.1 Å². The van der Waals surface area contributed by atoms with Gasteiger partial charge >= 0.3 is 0 Å². The largest absolute Gasteiger partial charge is 0.374 e. The van der Waals surface area contributed by atoms with Crippen LogP contribution in [-0.4, -0.2) is 35.8 Å². The quantitative estimate of drug-likeness (QED) is 0.820. The maximum absolute atomic E-state index is 6.04. The minimum atomic E-state index is 0.229. The van der Waals surface area contributed by atoms with Gasteiger partial charge < -0.3 is 10.1 Å². The third kappa shape index (κ3) is 2.93. The average molecular weight is 243 g/mol. The Kier molecular flexibility index (Phi) is 4.57. The number of hydrogen-bond donors (Lipinski definition) is 1. The number of ether oxygens (including phenoxy) is 1. The Bertz CT molecular complexity index is 212. The molecule has 0 aromatic heterocycles. The lowest BCUT2D eigenvalue weighted by Crippen LogP contribution is -2.49. The third-order valence-corrected chi connectivity index (χ3v) is 5.24. The summed E-state index contributed by atoms with van der Waals surface area (Å²) in [6.45, 7) is 5.52. The predicted octanol–water partition coefficient (Wildman–Crippen LogP) is 2.82. The van der Waals surface area contributed by atoms with E-state index in [4.69, 9.17) is 4.74 Å². The van der Waals surface area contributed by atoms with Gasteiger partial charge in [-0.25, -0.2) is 0 Å². The summed E-state index contributed by atoms with van der Waals surface area (Å²) < 4.78 is 6.04. The third-order valence-electron chi connectivity index (χ3n) is 4.02. The molecule has 3 heteroatoms. The molecule has 2 nitrogen and oxygen atoms in total. The number of thioether (sulfide) groups is 1. The lowest BCUT2D eigenvalue weighted by atomic mass is 9.89. The van der Waals surface area contributed by atoms with Crippen LogP contribution >= 0.6 is 11.8 Å². The molecule has 0 aliphatic carbocycles. The summed E-state index contributed by atoms with van der Waals surface area (Å²) in [6, 6.07) is 1.39. The molecule has 0 radical (unpaired) electrons. The van der Waals surface area contributed by atoms with Crippen LogP contribution in [0.4, 0.5) is 0 Å². The van der Waals surface area contributed by atoms with Gasteiger partial charge in [0.25, 0.3) is 0 Å². The van der Waals surface area contributed by atoms with Crippen LogP contribution < -0.4 is 5.32 Å². The fourth-order valence-electron chi connectivity index (χ4n) is 2.89. The van der Waals surface area contributed by atoms with Crippen molar-refractivity contribution in [1.29, 1.82) is 0 Å². The van der Waals surface area contributed by atoms with E-state index in [1.54, 1.807) is 0 Å². The van der Waals surface area contributed by atoms with E-state index in [-0.39, 0.29) is 5.60 Å². The fraction of sp³-hybridized carbons (Fsp3) is 1.00. The van der Waals surface area contributed by atoms with Gasteiger partial charge in [-0.1, -0.05) is 13.8 Å². The normalized spacial score (nSPS) is 35.1. The van der Waals surface area contributed by atoms with E-state index >= 15 is 0 Å². The summed E-state index contributed by atoms with van der Waals surface area (Å²) in [5, 5.41) is 3.82. The minimum Gasteiger partial charge on any atom is -0.374 e. The van der Waals surface area contributed by atoms with Crippen molar-refractivity contribution in [3.63, 3.8) is 0 Å². The van der Waals surface area contributed by atoms with Crippen molar-refractivity contribution in [1.82, 2.24) is 5.32 Å². The first-order valence-corrected chi connectivity index (χ1v) is 7.91. The minimum absolute atomic E-state index is 0.229. The van der Waals surface area contributed by atoms with Gasteiger partial charge in [0.05, 0.1) is 5.60 Å². The van der Waals surface area contributed by atoms with Crippen LogP contribution in [0.3, 0.4) is 0 Å². The zero-order valence-electron chi connectivity index (χ0n) is 10.6. The summed E-state index contributed by atoms with van der Waals surface area (Å²) >= 11 is 2.06. The molecule has 1 spiro atoms. The summed E-state index contributed by atoms with van der Waals surface area (Å²) in [4.78, 5) is 0. The van der Waals surface area contributed by atoms with Crippen molar-refractivity contribution < 1.29 is 4.74 Å². The second kappa shape index (κ2) is 5.74. The van der Waals surface area contributed by atoms with Gasteiger partial charge in [-0.2, -0.15) is 11.8 Å². The van der Waals surface area contributed by atoms with Gasteiger partial charge in [0, 0.05) is 24.4 Å². The van der Waals surface area contributed by atoms with Crippen molar-refractivity contribution in [2.24, 2.45) is 0 Å². The monoisotopic (exact) mass is 243 g/mol. The molecule has 2 rings (SSSR count). The molecule has 0 bridgehead atoms. The molecule has 2 aliphatic rings. The molecule has 0 saturated carbocycles. The maximum atomic E-state index is 6.04. The Labute approximate surface area is 104 Å². The molecule has 0 aromatic rings. The van der Waals surface area contributed by atoms with E-state index < -0.39 is 0 Å². The van der Waals surface area contributed by atoms with Gasteiger partial charge in [-0.15, -0.1) is 0 Å². The molecule has 0 aromatic carbocycles. The topological polar surface area (TPSA) is 21.3 Å². The fourth-order valence-corrected chi connectivity index (χ4v) is 4.27. The predicted molar refractivity (Wildman–Crippen MR) is 71.2 cm³/mol. The van der Waals surface area contributed by atoms with Crippen LogP contribution in [-0.2, 0) is 4.74 Å². The van der Waals surface area contributed by atoms with E-state index in [0.717, 1.165) is 6.61 Å². The van der Waals surface area contributed by atoms with Gasteiger partial charge in [0.15, 0.2) is 0 Å². The van der Waals surface area contributed by atoms with Crippen LogP contribution in [0.2, 0.25) is 0 Å². The van der Waals surface area contributed by atoms with Crippen molar-refractivity contribution in [2.75, 3.05) is 18.1 Å². The van der Waals surface area contributed by atoms with Crippen LogP contribution in [0.1, 0.15) is 46.0 Å². The van der Waals surface area contributed by atoms with Crippen molar-refractivity contribution in [2.45, 2.75) is 63.6 Å². The summed E-state index contributed by atoms with van der Waals surface area (Å²) in [6.07, 6.45) is 6.18. The zero-order valence-corrected chi connectivity index (χ0v) is 11.4. The van der Waals surface area contributed by atoms with Gasteiger partial charge in [-0.3, -0.25) is 0 Å². The highest BCUT2D eigenvalue weighted by atomic mass is 32.2. The SMILES string of the molecule is CCC(CC)NC1CCOC2(CCSC2)C1. The lowest BCUT2D eigenvalue weighted by Gasteiger charge is -2.39. The first kappa shape index (κ1) is 12.7. The van der Waals surface area contributed by atoms with Gasteiger partial charge in [-0.05, 0) is 37.9 Å². The number of nitrogens with one attached hydrogen (secondary N) is 1. The summed E-state index contributed by atoms with van der Waals surface area (Å²) in [5.41, 5.74) is 0.229. The molecule has 1 N–H and O–H groups in total. The van der Waals surface area contributed by atoms with Crippen LogP contribution in [0.5, 0.6) is 0 Å². The van der Waals surface area contributed by atoms with Gasteiger partial charge in [0.2, 0.25) is 0 Å². The second-order valence-corrected chi connectivity index (χ2v) is 6.31. The Morgan fingerprint density at radius 2 is 2.25 bits per heavy atom. The van der Waals surface area contributed by atoms with Crippen LogP contribution in [0.15, 0.2) is 0 Å². The van der Waals surface area contributed by atoms with E-state index in [9.17, 15) is 0 Å². The molecule has 94 valence electrons. The lowest BCUT2D eigenvalue weighted by molar-refractivity contribution is -0.0714. The Morgan fingerprint density at radius 1 is 1.44 bits per heavy atom. The molecule has 0 amide bonds. The second-order valence-electron chi connectivity index (χ2n) is 5.20. The smallest absolute Gasteiger partial charge is 0.0795 e. The average Bonchev–Trinajstić information content (AvgIpc) is 2.74. The molecule has 2 fully saturated rings. The molecule has 16 heavy (non-hydrogen) atoms. The summed E-state index contributed by atoms with van der Waals surface area (Å²) in [7, 11) is 0. The van der Waals surface area contributed by atoms with Crippen molar-refractivity contribution in [3.8, 4) is 0 Å². The van der Waals surface area contributed by atoms with Crippen LogP contribution in [0.25, 0.3) is 0 Å². The van der Waals surface area contributed by atoms with Crippen LogP contribution in [0, 0.1) is 0 Å². The first-order chi connectivity index (χ1) is 7.78. The molecular formula is C13H25NOS. The Morgan fingerprint density at radius 3 is 2.88 bits per heavy atom.